The van der Waals surface area contributed by atoms with Gasteiger partial charge in [0.15, 0.2) is 0 Å². The van der Waals surface area contributed by atoms with E-state index in [1.807, 2.05) is 0 Å². The van der Waals surface area contributed by atoms with Crippen LogP contribution in [-0.4, -0.2) is 6.54 Å². The van der Waals surface area contributed by atoms with Crippen LogP contribution in [-0.2, 0) is 5.67 Å². The molecule has 0 spiro atoms. The molecule has 1 aromatic rings. The van der Waals surface area contributed by atoms with Gasteiger partial charge in [-0.3, -0.25) is 0 Å². The molecule has 0 aliphatic heterocycles. The van der Waals surface area contributed by atoms with Gasteiger partial charge in [-0.25, -0.2) is 4.39 Å². The van der Waals surface area contributed by atoms with Crippen molar-refractivity contribution < 1.29 is 4.39 Å². The van der Waals surface area contributed by atoms with Crippen molar-refractivity contribution in [2.45, 2.75) is 12.6 Å². The van der Waals surface area contributed by atoms with Crippen molar-refractivity contribution in [1.82, 2.24) is 0 Å². The van der Waals surface area contributed by atoms with E-state index < -0.39 is 5.67 Å². The van der Waals surface area contributed by atoms with Gasteiger partial charge in [-0.1, -0.05) is 23.7 Å². The molecule has 0 aliphatic carbocycles. The summed E-state index contributed by atoms with van der Waals surface area (Å²) in [6, 6.07) is 6.61. The van der Waals surface area contributed by atoms with Gasteiger partial charge in [-0.05, 0) is 24.6 Å². The van der Waals surface area contributed by atoms with E-state index in [1.165, 1.54) is 6.92 Å². The van der Waals surface area contributed by atoms with E-state index in [-0.39, 0.29) is 6.54 Å². The standard InChI is InChI=1S/C9H11ClFN/c1-9(11,6-12)7-2-4-8(10)5-3-7/h2-5H,6,12H2,1H3. The van der Waals surface area contributed by atoms with Crippen molar-refractivity contribution >= 4 is 11.6 Å². The van der Waals surface area contributed by atoms with Crippen molar-refractivity contribution in [1.29, 1.82) is 0 Å². The predicted molar refractivity (Wildman–Crippen MR) is 49.0 cm³/mol. The predicted octanol–water partition coefficient (Wildman–Crippen LogP) is 2.48. The highest BCUT2D eigenvalue weighted by Gasteiger charge is 2.22. The Labute approximate surface area is 76.3 Å². The fraction of sp³-hybridized carbons (Fsp3) is 0.333. The quantitative estimate of drug-likeness (QED) is 0.757. The van der Waals surface area contributed by atoms with Gasteiger partial charge in [0, 0.05) is 11.6 Å². The number of hydrogen-bond acceptors (Lipinski definition) is 1. The Morgan fingerprint density at radius 2 is 1.92 bits per heavy atom. The SMILES string of the molecule is CC(F)(CN)c1ccc(Cl)cc1. The maximum Gasteiger partial charge on any atom is 0.145 e. The largest absolute Gasteiger partial charge is 0.327 e. The monoisotopic (exact) mass is 187 g/mol. The zero-order valence-electron chi connectivity index (χ0n) is 6.85. The van der Waals surface area contributed by atoms with Gasteiger partial charge in [-0.15, -0.1) is 0 Å². The lowest BCUT2D eigenvalue weighted by Crippen LogP contribution is -2.26. The third-order valence-electron chi connectivity index (χ3n) is 1.83. The molecule has 0 saturated heterocycles. The van der Waals surface area contributed by atoms with E-state index in [1.54, 1.807) is 24.3 Å². The lowest BCUT2D eigenvalue weighted by atomic mass is 9.98. The molecular formula is C9H11ClFN. The van der Waals surface area contributed by atoms with Gasteiger partial charge < -0.3 is 5.73 Å². The van der Waals surface area contributed by atoms with Crippen LogP contribution in [0.2, 0.25) is 5.02 Å². The third kappa shape index (κ3) is 1.96. The summed E-state index contributed by atoms with van der Waals surface area (Å²) in [4.78, 5) is 0. The Morgan fingerprint density at radius 1 is 1.42 bits per heavy atom. The van der Waals surface area contributed by atoms with Gasteiger partial charge in [0.1, 0.15) is 5.67 Å². The first-order valence-corrected chi connectivity index (χ1v) is 4.09. The topological polar surface area (TPSA) is 26.0 Å². The molecule has 1 unspecified atom stereocenters. The molecule has 0 bridgehead atoms. The molecule has 0 aromatic heterocycles. The van der Waals surface area contributed by atoms with Gasteiger partial charge in [0.05, 0.1) is 0 Å². The highest BCUT2D eigenvalue weighted by molar-refractivity contribution is 6.30. The lowest BCUT2D eigenvalue weighted by Gasteiger charge is -2.17. The molecule has 1 atom stereocenters. The summed E-state index contributed by atoms with van der Waals surface area (Å²) in [5.74, 6) is 0. The molecule has 0 fully saturated rings. The minimum atomic E-state index is -1.45. The van der Waals surface area contributed by atoms with Crippen molar-refractivity contribution in [3.63, 3.8) is 0 Å². The molecule has 1 rings (SSSR count). The highest BCUT2D eigenvalue weighted by atomic mass is 35.5. The number of hydrogen-bond donors (Lipinski definition) is 1. The van der Waals surface area contributed by atoms with Crippen molar-refractivity contribution in [2.24, 2.45) is 5.73 Å². The Morgan fingerprint density at radius 3 is 2.33 bits per heavy atom. The summed E-state index contributed by atoms with van der Waals surface area (Å²) in [7, 11) is 0. The van der Waals surface area contributed by atoms with Crippen molar-refractivity contribution in [2.75, 3.05) is 6.54 Å². The molecule has 0 saturated carbocycles. The Kier molecular flexibility index (Phi) is 2.70. The van der Waals surface area contributed by atoms with E-state index in [0.717, 1.165) is 0 Å². The fourth-order valence-corrected chi connectivity index (χ4v) is 1.04. The molecule has 66 valence electrons. The number of halogens is 2. The minimum absolute atomic E-state index is 0.0192. The maximum absolute atomic E-state index is 13.5. The summed E-state index contributed by atoms with van der Waals surface area (Å²) < 4.78 is 13.5. The van der Waals surface area contributed by atoms with Gasteiger partial charge in [0.25, 0.3) is 0 Å². The summed E-state index contributed by atoms with van der Waals surface area (Å²) >= 11 is 5.65. The summed E-state index contributed by atoms with van der Waals surface area (Å²) in [6.07, 6.45) is 0. The molecule has 2 N–H and O–H groups in total. The fourth-order valence-electron chi connectivity index (χ4n) is 0.915. The van der Waals surface area contributed by atoms with E-state index in [0.29, 0.717) is 10.6 Å². The lowest BCUT2D eigenvalue weighted by molar-refractivity contribution is 0.203. The smallest absolute Gasteiger partial charge is 0.145 e. The summed E-state index contributed by atoms with van der Waals surface area (Å²) in [6.45, 7) is 1.44. The normalized spacial score (nSPS) is 15.7. The van der Waals surface area contributed by atoms with Gasteiger partial charge in [0.2, 0.25) is 0 Å². The number of alkyl halides is 1. The van der Waals surface area contributed by atoms with Crippen LogP contribution in [0.15, 0.2) is 24.3 Å². The average molecular weight is 188 g/mol. The first-order chi connectivity index (χ1) is 5.56. The molecule has 0 radical (unpaired) electrons. The first-order valence-electron chi connectivity index (χ1n) is 3.71. The average Bonchev–Trinajstić information content (AvgIpc) is 2.05. The Bertz CT molecular complexity index is 256. The molecule has 1 aromatic carbocycles. The van der Waals surface area contributed by atoms with Crippen molar-refractivity contribution in [3.05, 3.63) is 34.9 Å². The van der Waals surface area contributed by atoms with E-state index in [2.05, 4.69) is 0 Å². The second-order valence-corrected chi connectivity index (χ2v) is 3.34. The van der Waals surface area contributed by atoms with Crippen LogP contribution in [0.1, 0.15) is 12.5 Å². The van der Waals surface area contributed by atoms with E-state index >= 15 is 0 Å². The van der Waals surface area contributed by atoms with Crippen LogP contribution in [0.4, 0.5) is 4.39 Å². The summed E-state index contributed by atoms with van der Waals surface area (Å²) in [5, 5.41) is 0.603. The molecular weight excluding hydrogens is 177 g/mol. The minimum Gasteiger partial charge on any atom is -0.327 e. The summed E-state index contributed by atoms with van der Waals surface area (Å²) in [5.41, 5.74) is 4.38. The molecule has 3 heteroatoms. The van der Waals surface area contributed by atoms with E-state index in [9.17, 15) is 4.39 Å². The molecule has 0 amide bonds. The Balaban J connectivity index is 2.96. The van der Waals surface area contributed by atoms with Crippen LogP contribution in [0.3, 0.4) is 0 Å². The van der Waals surface area contributed by atoms with Crippen LogP contribution in [0, 0.1) is 0 Å². The third-order valence-corrected chi connectivity index (χ3v) is 2.08. The van der Waals surface area contributed by atoms with Gasteiger partial charge >= 0.3 is 0 Å². The first kappa shape index (κ1) is 9.49. The van der Waals surface area contributed by atoms with E-state index in [4.69, 9.17) is 17.3 Å². The van der Waals surface area contributed by atoms with Gasteiger partial charge in [-0.2, -0.15) is 0 Å². The molecule has 0 aliphatic rings. The number of rotatable bonds is 2. The van der Waals surface area contributed by atoms with Crippen LogP contribution >= 0.6 is 11.6 Å². The second-order valence-electron chi connectivity index (χ2n) is 2.91. The number of nitrogens with two attached hydrogens (primary N) is 1. The second kappa shape index (κ2) is 3.42. The number of benzene rings is 1. The van der Waals surface area contributed by atoms with Crippen LogP contribution in [0.5, 0.6) is 0 Å². The maximum atomic E-state index is 13.5. The molecule has 12 heavy (non-hydrogen) atoms. The van der Waals surface area contributed by atoms with Crippen LogP contribution < -0.4 is 5.73 Å². The molecule has 1 nitrogen and oxygen atoms in total. The zero-order chi connectivity index (χ0) is 9.19. The van der Waals surface area contributed by atoms with Crippen LogP contribution in [0.25, 0.3) is 0 Å². The Hall–Kier alpha value is -0.600. The van der Waals surface area contributed by atoms with Crippen molar-refractivity contribution in [3.8, 4) is 0 Å². The molecule has 0 heterocycles. The highest BCUT2D eigenvalue weighted by Crippen LogP contribution is 2.24. The zero-order valence-corrected chi connectivity index (χ0v) is 7.61.